The monoisotopic (exact) mass is 277 g/mol. The average Bonchev–Trinajstić information content (AvgIpc) is 3.05. The van der Waals surface area contributed by atoms with Crippen LogP contribution in [0.15, 0.2) is 33.9 Å². The first-order valence-electron chi connectivity index (χ1n) is 6.26. The Morgan fingerprint density at radius 2 is 2.26 bits per heavy atom. The highest BCUT2D eigenvalue weighted by Gasteiger charge is 2.44. The molecule has 0 amide bonds. The summed E-state index contributed by atoms with van der Waals surface area (Å²) in [5.41, 5.74) is 1.78. The molecule has 0 bridgehead atoms. The minimum Gasteiger partial charge on any atom is -0.469 e. The molecular weight excluding hydrogens is 262 g/mol. The standard InChI is InChI=1S/C14H15NO3S/c1-17-12(16)8-14(6-7-14)9-19-13-15-10-4-2-3-5-11(10)18-13/h2-5H,6-9H2,1H3. The number of ether oxygens (including phenoxy) is 1. The highest BCUT2D eigenvalue weighted by atomic mass is 32.2. The van der Waals surface area contributed by atoms with Crippen molar-refractivity contribution in [2.75, 3.05) is 12.9 Å². The lowest BCUT2D eigenvalue weighted by Crippen LogP contribution is -2.12. The Hall–Kier alpha value is -1.49. The number of fused-ring (bicyclic) bond motifs is 1. The predicted octanol–water partition coefficient (Wildman–Crippen LogP) is 3.26. The number of esters is 1. The molecule has 0 radical (unpaired) electrons. The number of nitrogens with zero attached hydrogens (tertiary/aromatic N) is 1. The smallest absolute Gasteiger partial charge is 0.306 e. The van der Waals surface area contributed by atoms with Crippen molar-refractivity contribution in [1.82, 2.24) is 4.98 Å². The molecule has 1 fully saturated rings. The van der Waals surface area contributed by atoms with Gasteiger partial charge < -0.3 is 9.15 Å². The predicted molar refractivity (Wildman–Crippen MR) is 73.0 cm³/mol. The van der Waals surface area contributed by atoms with Crippen LogP contribution >= 0.6 is 11.8 Å². The Balaban J connectivity index is 1.64. The van der Waals surface area contributed by atoms with Crippen LogP contribution in [0.1, 0.15) is 19.3 Å². The van der Waals surface area contributed by atoms with E-state index in [2.05, 4.69) is 4.98 Å². The molecule has 1 aliphatic carbocycles. The zero-order valence-electron chi connectivity index (χ0n) is 10.7. The first kappa shape index (κ1) is 12.5. The molecule has 1 saturated carbocycles. The Bertz CT molecular complexity index is 571. The molecule has 0 aliphatic heterocycles. The van der Waals surface area contributed by atoms with Crippen LogP contribution in [-0.2, 0) is 9.53 Å². The molecule has 1 heterocycles. The van der Waals surface area contributed by atoms with Crippen LogP contribution in [0, 0.1) is 5.41 Å². The van der Waals surface area contributed by atoms with Crippen LogP contribution in [0.5, 0.6) is 0 Å². The van der Waals surface area contributed by atoms with E-state index in [1.165, 1.54) is 7.11 Å². The van der Waals surface area contributed by atoms with Gasteiger partial charge >= 0.3 is 5.97 Å². The number of carbonyl (C=O) groups excluding carboxylic acids is 1. The van der Waals surface area contributed by atoms with Crippen molar-refractivity contribution < 1.29 is 13.9 Å². The summed E-state index contributed by atoms with van der Waals surface area (Å²) in [6, 6.07) is 7.72. The molecule has 4 nitrogen and oxygen atoms in total. The van der Waals surface area contributed by atoms with E-state index < -0.39 is 0 Å². The van der Waals surface area contributed by atoms with E-state index in [9.17, 15) is 4.79 Å². The van der Waals surface area contributed by atoms with Crippen LogP contribution in [0.3, 0.4) is 0 Å². The van der Waals surface area contributed by atoms with E-state index in [4.69, 9.17) is 9.15 Å². The molecule has 100 valence electrons. The van der Waals surface area contributed by atoms with Gasteiger partial charge in [0.15, 0.2) is 5.58 Å². The number of hydrogen-bond acceptors (Lipinski definition) is 5. The van der Waals surface area contributed by atoms with Gasteiger partial charge in [0.05, 0.1) is 13.5 Å². The van der Waals surface area contributed by atoms with E-state index >= 15 is 0 Å². The fourth-order valence-corrected chi connectivity index (χ4v) is 3.19. The third-order valence-electron chi connectivity index (χ3n) is 3.48. The van der Waals surface area contributed by atoms with Crippen LogP contribution in [0.2, 0.25) is 0 Å². The maximum Gasteiger partial charge on any atom is 0.306 e. The molecule has 0 spiro atoms. The first-order chi connectivity index (χ1) is 9.21. The van der Waals surface area contributed by atoms with Crippen LogP contribution in [0.25, 0.3) is 11.1 Å². The SMILES string of the molecule is COC(=O)CC1(CSc2nc3ccccc3o2)CC1. The summed E-state index contributed by atoms with van der Waals surface area (Å²) in [5, 5.41) is 0.678. The molecule has 0 N–H and O–H groups in total. The van der Waals surface area contributed by atoms with Gasteiger partial charge in [0.2, 0.25) is 0 Å². The van der Waals surface area contributed by atoms with Crippen LogP contribution in [-0.4, -0.2) is 23.8 Å². The summed E-state index contributed by atoms with van der Waals surface area (Å²) in [6.45, 7) is 0. The van der Waals surface area contributed by atoms with Crippen molar-refractivity contribution in [3.05, 3.63) is 24.3 Å². The largest absolute Gasteiger partial charge is 0.469 e. The Morgan fingerprint density at radius 3 is 2.95 bits per heavy atom. The number of hydrogen-bond donors (Lipinski definition) is 0. The second-order valence-corrected chi connectivity index (χ2v) is 5.92. The molecule has 1 aromatic heterocycles. The van der Waals surface area contributed by atoms with Crippen molar-refractivity contribution in [3.63, 3.8) is 0 Å². The minimum absolute atomic E-state index is 0.0956. The van der Waals surface area contributed by atoms with Crippen molar-refractivity contribution in [3.8, 4) is 0 Å². The molecule has 0 atom stereocenters. The second-order valence-electron chi connectivity index (χ2n) is 4.99. The van der Waals surface area contributed by atoms with Crippen molar-refractivity contribution in [2.45, 2.75) is 24.5 Å². The lowest BCUT2D eigenvalue weighted by Gasteiger charge is -2.11. The number of rotatable bonds is 5. The second kappa shape index (κ2) is 4.89. The zero-order chi connectivity index (χ0) is 13.3. The number of methoxy groups -OCH3 is 1. The normalized spacial score (nSPS) is 16.5. The summed E-state index contributed by atoms with van der Waals surface area (Å²) in [4.78, 5) is 15.8. The third-order valence-corrected chi connectivity index (χ3v) is 4.66. The lowest BCUT2D eigenvalue weighted by molar-refractivity contribution is -0.141. The summed E-state index contributed by atoms with van der Waals surface area (Å²) in [6.07, 6.45) is 2.65. The van der Waals surface area contributed by atoms with Crippen LogP contribution in [0.4, 0.5) is 0 Å². The van der Waals surface area contributed by atoms with Crippen molar-refractivity contribution in [1.29, 1.82) is 0 Å². The topological polar surface area (TPSA) is 52.3 Å². The highest BCUT2D eigenvalue weighted by Crippen LogP contribution is 2.52. The number of oxazole rings is 1. The Kier molecular flexibility index (Phi) is 3.22. The van der Waals surface area contributed by atoms with Gasteiger partial charge in [-0.15, -0.1) is 0 Å². The van der Waals surface area contributed by atoms with Gasteiger partial charge in [-0.2, -0.15) is 0 Å². The van der Waals surface area contributed by atoms with E-state index in [1.807, 2.05) is 24.3 Å². The molecule has 1 aromatic carbocycles. The number of thioether (sulfide) groups is 1. The van der Waals surface area contributed by atoms with Gasteiger partial charge in [-0.3, -0.25) is 4.79 Å². The summed E-state index contributed by atoms with van der Waals surface area (Å²) >= 11 is 1.58. The molecule has 19 heavy (non-hydrogen) atoms. The van der Waals surface area contributed by atoms with Crippen LogP contribution < -0.4 is 0 Å². The average molecular weight is 277 g/mol. The van der Waals surface area contributed by atoms with E-state index in [-0.39, 0.29) is 11.4 Å². The van der Waals surface area contributed by atoms with Gasteiger partial charge in [-0.05, 0) is 30.4 Å². The fourth-order valence-electron chi connectivity index (χ4n) is 2.05. The minimum atomic E-state index is -0.129. The van der Waals surface area contributed by atoms with E-state index in [1.54, 1.807) is 11.8 Å². The molecular formula is C14H15NO3S. The van der Waals surface area contributed by atoms with Crippen molar-refractivity contribution >= 4 is 28.8 Å². The van der Waals surface area contributed by atoms with Gasteiger partial charge in [-0.1, -0.05) is 23.9 Å². The maximum absolute atomic E-state index is 11.3. The third kappa shape index (κ3) is 2.76. The van der Waals surface area contributed by atoms with Gasteiger partial charge in [0, 0.05) is 5.75 Å². The molecule has 3 rings (SSSR count). The Labute approximate surface area is 115 Å². The molecule has 2 aromatic rings. The lowest BCUT2D eigenvalue weighted by atomic mass is 10.1. The Morgan fingerprint density at radius 1 is 1.47 bits per heavy atom. The van der Waals surface area contributed by atoms with Gasteiger partial charge in [0.25, 0.3) is 5.22 Å². The van der Waals surface area contributed by atoms with Crippen molar-refractivity contribution in [2.24, 2.45) is 5.41 Å². The molecule has 5 heteroatoms. The first-order valence-corrected chi connectivity index (χ1v) is 7.25. The number of para-hydroxylation sites is 2. The zero-order valence-corrected chi connectivity index (χ0v) is 11.5. The fraction of sp³-hybridized carbons (Fsp3) is 0.429. The van der Waals surface area contributed by atoms with E-state index in [0.29, 0.717) is 11.6 Å². The quantitative estimate of drug-likeness (QED) is 0.620. The van der Waals surface area contributed by atoms with Gasteiger partial charge in [0.1, 0.15) is 5.52 Å². The molecule has 0 unspecified atom stereocenters. The molecule has 0 saturated heterocycles. The summed E-state index contributed by atoms with van der Waals surface area (Å²) in [5.74, 6) is 0.727. The number of carbonyl (C=O) groups is 1. The number of aromatic nitrogens is 1. The maximum atomic E-state index is 11.3. The molecule has 1 aliphatic rings. The van der Waals surface area contributed by atoms with E-state index in [0.717, 1.165) is 29.7 Å². The highest BCUT2D eigenvalue weighted by molar-refractivity contribution is 7.99. The number of benzene rings is 1. The summed E-state index contributed by atoms with van der Waals surface area (Å²) < 4.78 is 10.4. The summed E-state index contributed by atoms with van der Waals surface area (Å²) in [7, 11) is 1.44. The van der Waals surface area contributed by atoms with Gasteiger partial charge in [-0.25, -0.2) is 4.98 Å².